The zero-order valence-corrected chi connectivity index (χ0v) is 12.3. The van der Waals surface area contributed by atoms with Crippen molar-refractivity contribution in [3.05, 3.63) is 24.2 Å². The first-order chi connectivity index (χ1) is 8.97. The fraction of sp³-hybridized carbons (Fsp3) is 0.750. The third kappa shape index (κ3) is 3.40. The number of ether oxygens (including phenoxy) is 1. The Labute approximate surface area is 116 Å². The monoisotopic (exact) mass is 266 g/mol. The summed E-state index contributed by atoms with van der Waals surface area (Å²) in [5.41, 5.74) is 1.04. The van der Waals surface area contributed by atoms with E-state index in [-0.39, 0.29) is 5.60 Å². The van der Waals surface area contributed by atoms with Crippen LogP contribution < -0.4 is 0 Å². The third-order valence-corrected chi connectivity index (χ3v) is 4.50. The van der Waals surface area contributed by atoms with Gasteiger partial charge in [-0.15, -0.1) is 0 Å². The number of aliphatic hydroxyl groups excluding tert-OH is 1. The highest BCUT2D eigenvalue weighted by atomic mass is 16.5. The van der Waals surface area contributed by atoms with E-state index < -0.39 is 6.10 Å². The number of hydrogen-bond acceptors (Lipinski definition) is 3. The molecule has 0 spiro atoms. The molecule has 0 radical (unpaired) electrons. The van der Waals surface area contributed by atoms with Gasteiger partial charge in [-0.05, 0) is 49.7 Å². The van der Waals surface area contributed by atoms with Gasteiger partial charge in [0.2, 0.25) is 0 Å². The van der Waals surface area contributed by atoms with Crippen LogP contribution in [0.4, 0.5) is 0 Å². The minimum Gasteiger partial charge on any atom is -0.472 e. The fourth-order valence-electron chi connectivity index (χ4n) is 3.03. The summed E-state index contributed by atoms with van der Waals surface area (Å²) in [7, 11) is 0. The van der Waals surface area contributed by atoms with Gasteiger partial charge in [-0.3, -0.25) is 0 Å². The molecular formula is C16H26O3. The molecule has 0 aliphatic heterocycles. The Kier molecular flexibility index (Phi) is 4.36. The van der Waals surface area contributed by atoms with Gasteiger partial charge in [0, 0.05) is 13.0 Å². The van der Waals surface area contributed by atoms with Crippen molar-refractivity contribution in [2.45, 2.75) is 64.6 Å². The molecule has 19 heavy (non-hydrogen) atoms. The summed E-state index contributed by atoms with van der Waals surface area (Å²) in [5.74, 6) is 0. The van der Waals surface area contributed by atoms with Crippen LogP contribution in [0.5, 0.6) is 0 Å². The van der Waals surface area contributed by atoms with Gasteiger partial charge >= 0.3 is 0 Å². The smallest absolute Gasteiger partial charge is 0.0943 e. The number of furan rings is 1. The van der Waals surface area contributed by atoms with Crippen LogP contribution in [0.3, 0.4) is 0 Å². The van der Waals surface area contributed by atoms with E-state index in [9.17, 15) is 5.11 Å². The van der Waals surface area contributed by atoms with Gasteiger partial charge in [-0.25, -0.2) is 0 Å². The van der Waals surface area contributed by atoms with E-state index in [4.69, 9.17) is 9.15 Å². The Morgan fingerprint density at radius 2 is 2.00 bits per heavy atom. The molecule has 1 unspecified atom stereocenters. The second kappa shape index (κ2) is 5.68. The van der Waals surface area contributed by atoms with Crippen molar-refractivity contribution in [2.75, 3.05) is 6.61 Å². The normalized spacial score (nSPS) is 23.2. The molecule has 1 aliphatic rings. The average molecular weight is 266 g/mol. The second-order valence-electron chi connectivity index (χ2n) is 6.51. The molecular weight excluding hydrogens is 240 g/mol. The maximum atomic E-state index is 10.6. The zero-order valence-electron chi connectivity index (χ0n) is 12.3. The van der Waals surface area contributed by atoms with Crippen LogP contribution >= 0.6 is 0 Å². The molecule has 3 nitrogen and oxygen atoms in total. The molecule has 1 N–H and O–H groups in total. The Morgan fingerprint density at radius 3 is 2.53 bits per heavy atom. The predicted molar refractivity (Wildman–Crippen MR) is 75.0 cm³/mol. The molecule has 3 heteroatoms. The molecule has 1 atom stereocenters. The molecule has 1 aromatic rings. The lowest BCUT2D eigenvalue weighted by Crippen LogP contribution is -2.50. The highest BCUT2D eigenvalue weighted by molar-refractivity contribution is 5.09. The summed E-state index contributed by atoms with van der Waals surface area (Å²) < 4.78 is 11.1. The lowest BCUT2D eigenvalue weighted by atomic mass is 9.68. The lowest BCUT2D eigenvalue weighted by molar-refractivity contribution is -0.150. The summed E-state index contributed by atoms with van der Waals surface area (Å²) in [6.07, 6.45) is 7.59. The van der Waals surface area contributed by atoms with E-state index in [0.717, 1.165) is 31.2 Å². The highest BCUT2D eigenvalue weighted by Gasteiger charge is 2.44. The summed E-state index contributed by atoms with van der Waals surface area (Å²) in [6, 6.07) is 1.91. The molecule has 1 saturated carbocycles. The molecule has 0 aromatic carbocycles. The van der Waals surface area contributed by atoms with Gasteiger partial charge in [-0.2, -0.15) is 0 Å². The molecule has 1 fully saturated rings. The van der Waals surface area contributed by atoms with E-state index in [1.807, 2.05) is 13.0 Å². The van der Waals surface area contributed by atoms with Crippen LogP contribution in [0.15, 0.2) is 23.0 Å². The minimum absolute atomic E-state index is 0.371. The summed E-state index contributed by atoms with van der Waals surface area (Å²) >= 11 is 0. The van der Waals surface area contributed by atoms with Crippen LogP contribution in [-0.4, -0.2) is 23.4 Å². The Morgan fingerprint density at radius 1 is 1.32 bits per heavy atom. The van der Waals surface area contributed by atoms with Crippen molar-refractivity contribution in [2.24, 2.45) is 5.41 Å². The van der Waals surface area contributed by atoms with Gasteiger partial charge in [0.25, 0.3) is 0 Å². The van der Waals surface area contributed by atoms with Crippen LogP contribution in [-0.2, 0) is 11.2 Å². The molecule has 1 heterocycles. The number of hydrogen-bond donors (Lipinski definition) is 1. The average Bonchev–Trinajstić information content (AvgIpc) is 2.85. The van der Waals surface area contributed by atoms with Crippen molar-refractivity contribution in [1.82, 2.24) is 0 Å². The first-order valence-electron chi connectivity index (χ1n) is 7.30. The van der Waals surface area contributed by atoms with E-state index in [2.05, 4.69) is 13.8 Å². The first-order valence-corrected chi connectivity index (χ1v) is 7.30. The maximum absolute atomic E-state index is 10.6. The maximum Gasteiger partial charge on any atom is 0.0943 e. The van der Waals surface area contributed by atoms with Crippen LogP contribution in [0, 0.1) is 5.41 Å². The standard InChI is InChI=1S/C16H26O3/c1-4-19-16(8-6-15(2,3)7-9-16)14(17)11-13-5-10-18-12-13/h5,10,12,14,17H,4,6-9,11H2,1-3H3. The Bertz CT molecular complexity index is 371. The van der Waals surface area contributed by atoms with Crippen molar-refractivity contribution < 1.29 is 14.3 Å². The van der Waals surface area contributed by atoms with E-state index >= 15 is 0 Å². The molecule has 0 amide bonds. The predicted octanol–water partition coefficient (Wildman–Crippen LogP) is 3.56. The van der Waals surface area contributed by atoms with Crippen LogP contribution in [0.25, 0.3) is 0 Å². The number of rotatable bonds is 5. The molecule has 2 rings (SSSR count). The van der Waals surface area contributed by atoms with Gasteiger partial charge in [0.15, 0.2) is 0 Å². The largest absolute Gasteiger partial charge is 0.472 e. The molecule has 1 aromatic heterocycles. The lowest BCUT2D eigenvalue weighted by Gasteiger charge is -2.45. The zero-order chi connectivity index (χ0) is 13.9. The summed E-state index contributed by atoms with van der Waals surface area (Å²) in [6.45, 7) is 7.26. The van der Waals surface area contributed by atoms with Crippen molar-refractivity contribution >= 4 is 0 Å². The Balaban J connectivity index is 2.06. The van der Waals surface area contributed by atoms with Gasteiger partial charge in [0.1, 0.15) is 0 Å². The minimum atomic E-state index is -0.457. The second-order valence-corrected chi connectivity index (χ2v) is 6.51. The van der Waals surface area contributed by atoms with Crippen LogP contribution in [0.1, 0.15) is 52.0 Å². The highest BCUT2D eigenvalue weighted by Crippen LogP contribution is 2.44. The SMILES string of the molecule is CCOC1(C(O)Cc2ccoc2)CCC(C)(C)CC1. The van der Waals surface area contributed by atoms with Crippen molar-refractivity contribution in [1.29, 1.82) is 0 Å². The van der Waals surface area contributed by atoms with E-state index in [0.29, 0.717) is 18.4 Å². The molecule has 108 valence electrons. The molecule has 1 aliphatic carbocycles. The summed E-state index contributed by atoms with van der Waals surface area (Å²) in [5, 5.41) is 10.6. The van der Waals surface area contributed by atoms with E-state index in [1.165, 1.54) is 0 Å². The van der Waals surface area contributed by atoms with Gasteiger partial charge < -0.3 is 14.3 Å². The quantitative estimate of drug-likeness (QED) is 0.886. The topological polar surface area (TPSA) is 42.6 Å². The van der Waals surface area contributed by atoms with Crippen molar-refractivity contribution in [3.63, 3.8) is 0 Å². The van der Waals surface area contributed by atoms with Gasteiger partial charge in [0.05, 0.1) is 24.2 Å². The molecule has 0 bridgehead atoms. The third-order valence-electron chi connectivity index (χ3n) is 4.50. The van der Waals surface area contributed by atoms with Gasteiger partial charge in [-0.1, -0.05) is 13.8 Å². The number of aliphatic hydroxyl groups is 1. The fourth-order valence-corrected chi connectivity index (χ4v) is 3.03. The summed E-state index contributed by atoms with van der Waals surface area (Å²) in [4.78, 5) is 0. The van der Waals surface area contributed by atoms with E-state index in [1.54, 1.807) is 12.5 Å². The first kappa shape index (κ1) is 14.6. The Hall–Kier alpha value is -0.800. The molecule has 0 saturated heterocycles. The van der Waals surface area contributed by atoms with Crippen molar-refractivity contribution in [3.8, 4) is 0 Å². The van der Waals surface area contributed by atoms with Crippen LogP contribution in [0.2, 0.25) is 0 Å².